The first kappa shape index (κ1) is 18.1. The van der Waals surface area contributed by atoms with Crippen LogP contribution in [-0.4, -0.2) is 24.2 Å². The fraction of sp³-hybridized carbons (Fsp3) is 0.316. The molecule has 1 aliphatic carbocycles. The molecule has 2 N–H and O–H groups in total. The van der Waals surface area contributed by atoms with Crippen molar-refractivity contribution in [2.45, 2.75) is 32.0 Å². The van der Waals surface area contributed by atoms with Crippen LogP contribution in [0.1, 0.15) is 30.1 Å². The lowest BCUT2D eigenvalue weighted by atomic mass is 9.89. The van der Waals surface area contributed by atoms with Gasteiger partial charge < -0.3 is 19.9 Å². The van der Waals surface area contributed by atoms with Gasteiger partial charge in [0.2, 0.25) is 0 Å². The second-order valence-electron chi connectivity index (χ2n) is 5.94. The molecule has 2 aromatic carbocycles. The molecule has 5 nitrogen and oxygen atoms in total. The van der Waals surface area contributed by atoms with E-state index in [9.17, 15) is 18.7 Å². The van der Waals surface area contributed by atoms with E-state index in [1.54, 1.807) is 18.2 Å². The van der Waals surface area contributed by atoms with Gasteiger partial charge in [-0.05, 0) is 48.6 Å². The minimum Gasteiger partial charge on any atom is -0.483 e. The quantitative estimate of drug-likeness (QED) is 0.822. The molecule has 7 heteroatoms. The van der Waals surface area contributed by atoms with Crippen molar-refractivity contribution in [3.05, 3.63) is 53.6 Å². The van der Waals surface area contributed by atoms with Gasteiger partial charge in [0.25, 0.3) is 5.91 Å². The van der Waals surface area contributed by atoms with Gasteiger partial charge in [-0.3, -0.25) is 4.79 Å². The van der Waals surface area contributed by atoms with Crippen molar-refractivity contribution in [3.63, 3.8) is 0 Å². The average molecular weight is 363 g/mol. The van der Waals surface area contributed by atoms with Gasteiger partial charge in [0.15, 0.2) is 6.61 Å². The third kappa shape index (κ3) is 4.29. The summed E-state index contributed by atoms with van der Waals surface area (Å²) < 4.78 is 34.8. The van der Waals surface area contributed by atoms with Crippen molar-refractivity contribution in [1.29, 1.82) is 0 Å². The molecule has 0 radical (unpaired) electrons. The predicted octanol–water partition coefficient (Wildman–Crippen LogP) is 3.68. The minimum atomic E-state index is -2.98. The average Bonchev–Trinajstić information content (AvgIpc) is 2.62. The molecule has 0 saturated heterocycles. The van der Waals surface area contributed by atoms with Gasteiger partial charge in [-0.1, -0.05) is 24.3 Å². The number of para-hydroxylation sites is 2. The van der Waals surface area contributed by atoms with E-state index >= 15 is 0 Å². The summed E-state index contributed by atoms with van der Waals surface area (Å²) >= 11 is 0. The molecule has 1 atom stereocenters. The smallest absolute Gasteiger partial charge is 0.387 e. The van der Waals surface area contributed by atoms with Crippen LogP contribution < -0.4 is 14.8 Å². The summed E-state index contributed by atoms with van der Waals surface area (Å²) in [6.07, 6.45) is 1.81. The molecule has 1 amide bonds. The molecule has 0 aliphatic heterocycles. The van der Waals surface area contributed by atoms with Gasteiger partial charge in [-0.2, -0.15) is 8.78 Å². The first-order valence-electron chi connectivity index (χ1n) is 8.31. The summed E-state index contributed by atoms with van der Waals surface area (Å²) in [6.45, 7) is -3.26. The zero-order chi connectivity index (χ0) is 18.5. The standard InChI is InChI=1S/C19H19F2NO4/c20-19(21)26-17-9-2-1-7-14(17)22-18(24)11-25-16-10-4-5-12-13(16)6-3-8-15(12)23/h1-2,4-5,7,9-10,15,19,23H,3,6,8,11H2,(H,22,24)/t15-/m0/s1. The van der Waals surface area contributed by atoms with E-state index in [2.05, 4.69) is 10.1 Å². The lowest BCUT2D eigenvalue weighted by Crippen LogP contribution is -2.22. The monoisotopic (exact) mass is 363 g/mol. The Hall–Kier alpha value is -2.67. The molecule has 26 heavy (non-hydrogen) atoms. The topological polar surface area (TPSA) is 67.8 Å². The number of aliphatic hydroxyl groups excluding tert-OH is 1. The summed E-state index contributed by atoms with van der Waals surface area (Å²) in [5.74, 6) is -0.0612. The van der Waals surface area contributed by atoms with Gasteiger partial charge in [0.05, 0.1) is 11.8 Å². The molecule has 0 fully saturated rings. The molecule has 3 rings (SSSR count). The zero-order valence-corrected chi connectivity index (χ0v) is 14.0. The molecule has 0 heterocycles. The van der Waals surface area contributed by atoms with Crippen LogP contribution in [0.25, 0.3) is 0 Å². The van der Waals surface area contributed by atoms with Crippen LogP contribution in [0.4, 0.5) is 14.5 Å². The van der Waals surface area contributed by atoms with E-state index in [-0.39, 0.29) is 18.0 Å². The van der Waals surface area contributed by atoms with Crippen molar-refractivity contribution < 1.29 is 28.2 Å². The number of rotatable bonds is 6. The molecule has 138 valence electrons. The Bertz CT molecular complexity index is 782. The highest BCUT2D eigenvalue weighted by Crippen LogP contribution is 2.35. The molecule has 0 aromatic heterocycles. The second-order valence-corrected chi connectivity index (χ2v) is 5.94. The lowest BCUT2D eigenvalue weighted by Gasteiger charge is -2.23. The number of nitrogens with one attached hydrogen (secondary N) is 1. The lowest BCUT2D eigenvalue weighted by molar-refractivity contribution is -0.118. The van der Waals surface area contributed by atoms with Gasteiger partial charge in [0, 0.05) is 0 Å². The van der Waals surface area contributed by atoms with Crippen molar-refractivity contribution in [2.75, 3.05) is 11.9 Å². The third-order valence-electron chi connectivity index (χ3n) is 4.17. The number of anilines is 1. The number of hydrogen-bond acceptors (Lipinski definition) is 4. The van der Waals surface area contributed by atoms with E-state index in [0.29, 0.717) is 12.2 Å². The Morgan fingerprint density at radius 3 is 2.77 bits per heavy atom. The van der Waals surface area contributed by atoms with Crippen LogP contribution in [-0.2, 0) is 11.2 Å². The predicted molar refractivity (Wildman–Crippen MR) is 91.5 cm³/mol. The summed E-state index contributed by atoms with van der Waals surface area (Å²) in [4.78, 5) is 12.1. The number of ether oxygens (including phenoxy) is 2. The van der Waals surface area contributed by atoms with Crippen LogP contribution in [0, 0.1) is 0 Å². The van der Waals surface area contributed by atoms with Crippen LogP contribution >= 0.6 is 0 Å². The number of benzene rings is 2. The Kier molecular flexibility index (Phi) is 5.68. The van der Waals surface area contributed by atoms with E-state index in [0.717, 1.165) is 24.0 Å². The number of alkyl halides is 2. The Labute approximate surface area is 149 Å². The van der Waals surface area contributed by atoms with Gasteiger partial charge >= 0.3 is 6.61 Å². The molecule has 0 bridgehead atoms. The maximum Gasteiger partial charge on any atom is 0.387 e. The number of hydrogen-bond donors (Lipinski definition) is 2. The SMILES string of the molecule is O=C(COc1cccc2c1CCC[C@@H]2O)Nc1ccccc1OC(F)F. The molecule has 1 aliphatic rings. The van der Waals surface area contributed by atoms with E-state index in [1.807, 2.05) is 6.07 Å². The normalized spacial score (nSPS) is 16.1. The van der Waals surface area contributed by atoms with Crippen molar-refractivity contribution in [2.24, 2.45) is 0 Å². The second kappa shape index (κ2) is 8.14. The van der Waals surface area contributed by atoms with E-state index in [1.165, 1.54) is 18.2 Å². The molecule has 0 saturated carbocycles. The van der Waals surface area contributed by atoms with Crippen LogP contribution in [0.15, 0.2) is 42.5 Å². The minimum absolute atomic E-state index is 0.115. The maximum atomic E-state index is 12.4. The Morgan fingerprint density at radius 2 is 1.96 bits per heavy atom. The van der Waals surface area contributed by atoms with E-state index < -0.39 is 18.6 Å². The van der Waals surface area contributed by atoms with Gasteiger partial charge in [0.1, 0.15) is 11.5 Å². The summed E-state index contributed by atoms with van der Waals surface area (Å²) in [5, 5.41) is 12.6. The van der Waals surface area contributed by atoms with Gasteiger partial charge in [-0.15, -0.1) is 0 Å². The van der Waals surface area contributed by atoms with Crippen molar-refractivity contribution >= 4 is 11.6 Å². The van der Waals surface area contributed by atoms with Crippen LogP contribution in [0.3, 0.4) is 0 Å². The fourth-order valence-corrected chi connectivity index (χ4v) is 3.02. The first-order chi connectivity index (χ1) is 12.5. The number of fused-ring (bicyclic) bond motifs is 1. The Balaban J connectivity index is 1.65. The number of aliphatic hydroxyl groups is 1. The number of carbonyl (C=O) groups is 1. The highest BCUT2D eigenvalue weighted by atomic mass is 19.3. The van der Waals surface area contributed by atoms with Crippen molar-refractivity contribution in [1.82, 2.24) is 0 Å². The van der Waals surface area contributed by atoms with Gasteiger partial charge in [-0.25, -0.2) is 0 Å². The summed E-state index contributed by atoms with van der Waals surface area (Å²) in [7, 11) is 0. The van der Waals surface area contributed by atoms with Crippen LogP contribution in [0.2, 0.25) is 0 Å². The molecular weight excluding hydrogens is 344 g/mol. The number of carbonyl (C=O) groups excluding carboxylic acids is 1. The maximum absolute atomic E-state index is 12.4. The van der Waals surface area contributed by atoms with Crippen LogP contribution in [0.5, 0.6) is 11.5 Å². The summed E-state index contributed by atoms with van der Waals surface area (Å²) in [5.41, 5.74) is 1.87. The first-order valence-corrected chi connectivity index (χ1v) is 8.31. The van der Waals surface area contributed by atoms with E-state index in [4.69, 9.17) is 4.74 Å². The molecular formula is C19H19F2NO4. The highest BCUT2D eigenvalue weighted by molar-refractivity contribution is 5.93. The zero-order valence-electron chi connectivity index (χ0n) is 14.0. The van der Waals surface area contributed by atoms with Crippen molar-refractivity contribution in [3.8, 4) is 11.5 Å². The fourth-order valence-electron chi connectivity index (χ4n) is 3.02. The number of amides is 1. The summed E-state index contributed by atoms with van der Waals surface area (Å²) in [6, 6.07) is 11.3. The molecule has 2 aromatic rings. The third-order valence-corrected chi connectivity index (χ3v) is 4.17. The highest BCUT2D eigenvalue weighted by Gasteiger charge is 2.21. The molecule has 0 spiro atoms. The Morgan fingerprint density at radius 1 is 1.19 bits per heavy atom. The largest absolute Gasteiger partial charge is 0.483 e. The number of halogens is 2. The molecule has 0 unspecified atom stereocenters.